The molecule has 0 fully saturated rings. The van der Waals surface area contributed by atoms with Crippen molar-refractivity contribution in [3.05, 3.63) is 58.9 Å². The Morgan fingerprint density at radius 1 is 1.24 bits per heavy atom. The van der Waals surface area contributed by atoms with Crippen molar-refractivity contribution in [3.8, 4) is 5.69 Å². The smallest absolute Gasteiger partial charge is 0.264 e. The van der Waals surface area contributed by atoms with Crippen molar-refractivity contribution in [2.45, 2.75) is 6.92 Å². The van der Waals surface area contributed by atoms with E-state index in [1.54, 1.807) is 29.2 Å². The van der Waals surface area contributed by atoms with Crippen LogP contribution in [0, 0.1) is 6.92 Å². The largest absolute Gasteiger partial charge is 0.361 e. The van der Waals surface area contributed by atoms with Crippen molar-refractivity contribution < 1.29 is 0 Å². The second-order valence-corrected chi connectivity index (χ2v) is 3.95. The van der Waals surface area contributed by atoms with Crippen LogP contribution in [0.4, 0.5) is 0 Å². The highest BCUT2D eigenvalue weighted by atomic mass is 16.1. The average molecular weight is 225 g/mol. The first kappa shape index (κ1) is 9.84. The Hall–Kier alpha value is -2.36. The van der Waals surface area contributed by atoms with Gasteiger partial charge in [-0.25, -0.2) is 0 Å². The first-order valence-corrected chi connectivity index (χ1v) is 5.37. The van der Waals surface area contributed by atoms with E-state index in [-0.39, 0.29) is 5.56 Å². The van der Waals surface area contributed by atoms with Crippen LogP contribution in [0.15, 0.2) is 47.7 Å². The summed E-state index contributed by atoms with van der Waals surface area (Å²) >= 11 is 0. The number of nitrogens with one attached hydrogen (secondary N) is 1. The van der Waals surface area contributed by atoms with Crippen LogP contribution in [0.5, 0.6) is 0 Å². The van der Waals surface area contributed by atoms with Gasteiger partial charge in [0.15, 0.2) is 0 Å². The van der Waals surface area contributed by atoms with Crippen LogP contribution in [0.1, 0.15) is 5.69 Å². The van der Waals surface area contributed by atoms with E-state index in [0.717, 1.165) is 16.9 Å². The fraction of sp³-hybridized carbons (Fsp3) is 0.0769. The molecule has 0 bridgehead atoms. The van der Waals surface area contributed by atoms with Crippen molar-refractivity contribution in [2.75, 3.05) is 0 Å². The van der Waals surface area contributed by atoms with Crippen LogP contribution in [-0.4, -0.2) is 14.5 Å². The monoisotopic (exact) mass is 225 g/mol. The minimum atomic E-state index is -0.0330. The molecule has 0 atom stereocenters. The summed E-state index contributed by atoms with van der Waals surface area (Å²) in [6.07, 6.45) is 5.23. The molecule has 3 rings (SSSR count). The molecule has 0 saturated heterocycles. The maximum Gasteiger partial charge on any atom is 0.264 e. The van der Waals surface area contributed by atoms with Gasteiger partial charge in [-0.1, -0.05) is 0 Å². The van der Waals surface area contributed by atoms with E-state index in [9.17, 15) is 4.79 Å². The van der Waals surface area contributed by atoms with Crippen molar-refractivity contribution in [1.82, 2.24) is 14.5 Å². The minimum Gasteiger partial charge on any atom is -0.361 e. The van der Waals surface area contributed by atoms with Crippen LogP contribution >= 0.6 is 0 Å². The third-order valence-corrected chi connectivity index (χ3v) is 2.79. The minimum absolute atomic E-state index is 0.0330. The van der Waals surface area contributed by atoms with E-state index in [1.165, 1.54) is 0 Å². The van der Waals surface area contributed by atoms with Crippen molar-refractivity contribution in [2.24, 2.45) is 0 Å². The molecule has 0 amide bonds. The van der Waals surface area contributed by atoms with Crippen LogP contribution < -0.4 is 5.56 Å². The lowest BCUT2D eigenvalue weighted by Crippen LogP contribution is -2.17. The lowest BCUT2D eigenvalue weighted by molar-refractivity contribution is 0.987. The van der Waals surface area contributed by atoms with Gasteiger partial charge < -0.3 is 4.98 Å². The Morgan fingerprint density at radius 3 is 2.88 bits per heavy atom. The van der Waals surface area contributed by atoms with Crippen LogP contribution in [0.3, 0.4) is 0 Å². The van der Waals surface area contributed by atoms with E-state index in [1.807, 2.05) is 25.1 Å². The normalized spacial score (nSPS) is 10.9. The van der Waals surface area contributed by atoms with Gasteiger partial charge in [-0.2, -0.15) is 0 Å². The van der Waals surface area contributed by atoms with Gasteiger partial charge in [-0.05, 0) is 31.2 Å². The lowest BCUT2D eigenvalue weighted by Gasteiger charge is -2.05. The van der Waals surface area contributed by atoms with E-state index < -0.39 is 0 Å². The van der Waals surface area contributed by atoms with E-state index in [2.05, 4.69) is 9.97 Å². The summed E-state index contributed by atoms with van der Waals surface area (Å²) in [5, 5.41) is 0.688. The molecule has 17 heavy (non-hydrogen) atoms. The van der Waals surface area contributed by atoms with Gasteiger partial charge in [0.25, 0.3) is 5.56 Å². The van der Waals surface area contributed by atoms with Gasteiger partial charge in [-0.15, -0.1) is 0 Å². The summed E-state index contributed by atoms with van der Waals surface area (Å²) < 4.78 is 1.60. The number of aryl methyl sites for hydroxylation is 1. The number of rotatable bonds is 1. The van der Waals surface area contributed by atoms with Gasteiger partial charge >= 0.3 is 0 Å². The number of fused-ring (bicyclic) bond motifs is 1. The molecule has 0 aliphatic carbocycles. The predicted octanol–water partition coefficient (Wildman–Crippen LogP) is 2.02. The Morgan fingerprint density at radius 2 is 2.12 bits per heavy atom. The molecule has 1 N–H and O–H groups in total. The zero-order valence-electron chi connectivity index (χ0n) is 9.34. The number of pyridine rings is 2. The lowest BCUT2D eigenvalue weighted by atomic mass is 10.3. The summed E-state index contributed by atoms with van der Waals surface area (Å²) in [6, 6.07) is 7.46. The van der Waals surface area contributed by atoms with E-state index in [0.29, 0.717) is 5.39 Å². The summed E-state index contributed by atoms with van der Waals surface area (Å²) in [4.78, 5) is 19.4. The molecular weight excluding hydrogens is 214 g/mol. The summed E-state index contributed by atoms with van der Waals surface area (Å²) in [6.45, 7) is 1.92. The second-order valence-electron chi connectivity index (χ2n) is 3.95. The quantitative estimate of drug-likeness (QED) is 0.688. The number of hydrogen-bond acceptors (Lipinski definition) is 2. The molecule has 0 aliphatic heterocycles. The standard InChI is InChI=1S/C13H11N3O/c1-9-2-3-10(8-15-9)16-7-5-12-11(13(16)17)4-6-14-12/h2-8,14H,1H3. The summed E-state index contributed by atoms with van der Waals surface area (Å²) in [5.41, 5.74) is 2.54. The molecule has 0 aliphatic rings. The first-order chi connectivity index (χ1) is 8.25. The number of H-pyrrole nitrogens is 1. The Labute approximate surface area is 97.6 Å². The zero-order chi connectivity index (χ0) is 11.8. The molecular formula is C13H11N3O. The van der Waals surface area contributed by atoms with Crippen molar-refractivity contribution in [3.63, 3.8) is 0 Å². The number of nitrogens with zero attached hydrogens (tertiary/aromatic N) is 2. The zero-order valence-corrected chi connectivity index (χ0v) is 9.34. The van der Waals surface area contributed by atoms with Gasteiger partial charge in [0.05, 0.1) is 22.8 Å². The third kappa shape index (κ3) is 1.54. The number of aromatic nitrogens is 3. The highest BCUT2D eigenvalue weighted by molar-refractivity contribution is 5.78. The molecule has 0 saturated carbocycles. The molecule has 0 radical (unpaired) electrons. The molecule has 3 heterocycles. The predicted molar refractivity (Wildman–Crippen MR) is 66.4 cm³/mol. The Balaban J connectivity index is 2.27. The second kappa shape index (κ2) is 3.59. The fourth-order valence-corrected chi connectivity index (χ4v) is 1.86. The molecule has 3 aromatic heterocycles. The topological polar surface area (TPSA) is 50.7 Å². The molecule has 3 aromatic rings. The molecule has 0 unspecified atom stereocenters. The maximum absolute atomic E-state index is 12.2. The van der Waals surface area contributed by atoms with Gasteiger partial charge in [0.1, 0.15) is 0 Å². The first-order valence-electron chi connectivity index (χ1n) is 5.37. The molecule has 4 heteroatoms. The van der Waals surface area contributed by atoms with Crippen LogP contribution in [0.25, 0.3) is 16.6 Å². The highest BCUT2D eigenvalue weighted by Gasteiger charge is 2.04. The number of hydrogen-bond donors (Lipinski definition) is 1. The summed E-state index contributed by atoms with van der Waals surface area (Å²) in [7, 11) is 0. The Kier molecular flexibility index (Phi) is 2.08. The van der Waals surface area contributed by atoms with Crippen molar-refractivity contribution >= 4 is 10.9 Å². The van der Waals surface area contributed by atoms with Crippen LogP contribution in [0.2, 0.25) is 0 Å². The highest BCUT2D eigenvalue weighted by Crippen LogP contribution is 2.09. The van der Waals surface area contributed by atoms with Gasteiger partial charge in [-0.3, -0.25) is 14.3 Å². The van der Waals surface area contributed by atoms with E-state index >= 15 is 0 Å². The molecule has 0 spiro atoms. The van der Waals surface area contributed by atoms with Gasteiger partial charge in [0, 0.05) is 18.1 Å². The average Bonchev–Trinajstić information content (AvgIpc) is 2.80. The van der Waals surface area contributed by atoms with Gasteiger partial charge in [0.2, 0.25) is 0 Å². The molecule has 4 nitrogen and oxygen atoms in total. The number of aromatic amines is 1. The molecule has 0 aromatic carbocycles. The van der Waals surface area contributed by atoms with Crippen LogP contribution in [-0.2, 0) is 0 Å². The summed E-state index contributed by atoms with van der Waals surface area (Å²) in [5.74, 6) is 0. The molecule has 84 valence electrons. The van der Waals surface area contributed by atoms with E-state index in [4.69, 9.17) is 0 Å². The fourth-order valence-electron chi connectivity index (χ4n) is 1.86. The van der Waals surface area contributed by atoms with Crippen molar-refractivity contribution in [1.29, 1.82) is 0 Å². The third-order valence-electron chi connectivity index (χ3n) is 2.79. The Bertz CT molecular complexity index is 722. The SMILES string of the molecule is Cc1ccc(-n2ccc3[nH]ccc3c2=O)cn1. The maximum atomic E-state index is 12.2.